The first-order chi connectivity index (χ1) is 6.40. The fourth-order valence-corrected chi connectivity index (χ4v) is 1.06. The van der Waals surface area contributed by atoms with E-state index >= 15 is 0 Å². The molecule has 0 fully saturated rings. The van der Waals surface area contributed by atoms with Crippen LogP contribution < -0.4 is 29.6 Å². The summed E-state index contributed by atoms with van der Waals surface area (Å²) in [6.07, 6.45) is 3.10. The Morgan fingerprint density at radius 2 is 1.87 bits per heavy atom. The second-order valence-corrected chi connectivity index (χ2v) is 2.50. The topological polar surface area (TPSA) is 73.1 Å². The van der Waals surface area contributed by atoms with Gasteiger partial charge in [-0.3, -0.25) is 4.98 Å². The van der Waals surface area contributed by atoms with Gasteiger partial charge in [-0.2, -0.15) is 6.29 Å². The number of benzene rings is 1. The van der Waals surface area contributed by atoms with Crippen molar-refractivity contribution in [1.29, 1.82) is 0 Å². The molecule has 0 aliphatic heterocycles. The summed E-state index contributed by atoms with van der Waals surface area (Å²) in [5, 5.41) is 0. The van der Waals surface area contributed by atoms with E-state index in [4.69, 9.17) is 4.42 Å². The molecular weight excluding hydrogens is 205 g/mol. The summed E-state index contributed by atoms with van der Waals surface area (Å²) in [7, 11) is 0. The number of hydrogen-bond acceptors (Lipinski definition) is 4. The molecule has 2 rings (SSSR count). The second kappa shape index (κ2) is 6.53. The summed E-state index contributed by atoms with van der Waals surface area (Å²) < 4.78 is 5.08. The first-order valence-corrected chi connectivity index (χ1v) is 3.79. The molecule has 4 nitrogen and oxygen atoms in total. The Balaban J connectivity index is 0.000000980. The molecule has 1 heterocycles. The normalized spacial score (nSPS) is 8.53. The average Bonchev–Trinajstić information content (AvgIpc) is 2.67. The minimum Gasteiger partial charge on any atom is -0.870 e. The molecule has 0 spiro atoms. The maximum atomic E-state index is 10.2. The van der Waals surface area contributed by atoms with Gasteiger partial charge in [0.15, 0.2) is 5.76 Å². The van der Waals surface area contributed by atoms with Crippen LogP contribution in [0.3, 0.4) is 0 Å². The molecule has 0 saturated heterocycles. The molecule has 0 amide bonds. The van der Waals surface area contributed by atoms with Crippen LogP contribution in [0.5, 0.6) is 0 Å². The molecule has 72 valence electrons. The SMILES string of the molecule is O=[C-]c1ncc(-c2ccccc2)o1.[Na+].[OH-]. The van der Waals surface area contributed by atoms with E-state index in [0.717, 1.165) is 5.56 Å². The van der Waals surface area contributed by atoms with Gasteiger partial charge in [0.05, 0.1) is 12.1 Å². The number of rotatable bonds is 2. The van der Waals surface area contributed by atoms with Gasteiger partial charge in [-0.25, -0.2) is 0 Å². The molecule has 0 radical (unpaired) electrons. The van der Waals surface area contributed by atoms with Crippen LogP contribution in [-0.2, 0) is 4.79 Å². The second-order valence-electron chi connectivity index (χ2n) is 2.50. The van der Waals surface area contributed by atoms with Crippen molar-refractivity contribution in [2.24, 2.45) is 0 Å². The molecule has 0 aliphatic rings. The zero-order valence-electron chi connectivity index (χ0n) is 8.18. The summed E-state index contributed by atoms with van der Waals surface area (Å²) in [6, 6.07) is 9.46. The van der Waals surface area contributed by atoms with E-state index in [1.54, 1.807) is 6.29 Å². The number of aromatic nitrogens is 1. The standard InChI is InChI=1S/C10H6NO2.Na.H2O/c12-7-10-11-6-9(13-10)8-4-2-1-3-5-8;;/h1-6H;;1H2/q-1;+1;/p-1. The van der Waals surface area contributed by atoms with Crippen molar-refractivity contribution in [1.82, 2.24) is 4.98 Å². The van der Waals surface area contributed by atoms with Gasteiger partial charge in [-0.05, 0) is 0 Å². The van der Waals surface area contributed by atoms with Gasteiger partial charge in [-0.1, -0.05) is 30.3 Å². The van der Waals surface area contributed by atoms with Crippen LogP contribution in [-0.4, -0.2) is 16.7 Å². The fourth-order valence-electron chi connectivity index (χ4n) is 1.06. The molecular formula is C10H7NNaO3-. The quantitative estimate of drug-likeness (QED) is 0.454. The molecule has 0 bridgehead atoms. The van der Waals surface area contributed by atoms with Gasteiger partial charge < -0.3 is 14.7 Å². The number of oxazole rings is 1. The van der Waals surface area contributed by atoms with Crippen molar-refractivity contribution in [2.45, 2.75) is 0 Å². The van der Waals surface area contributed by atoms with E-state index in [1.165, 1.54) is 6.20 Å². The zero-order chi connectivity index (χ0) is 9.10. The van der Waals surface area contributed by atoms with Gasteiger partial charge in [0.2, 0.25) is 0 Å². The minimum atomic E-state index is -0.0150. The minimum absolute atomic E-state index is 0. The molecule has 0 aliphatic carbocycles. The van der Waals surface area contributed by atoms with Crippen LogP contribution in [0.1, 0.15) is 5.89 Å². The molecule has 0 unspecified atom stereocenters. The average molecular weight is 212 g/mol. The maximum Gasteiger partial charge on any atom is 1.00 e. The summed E-state index contributed by atoms with van der Waals surface area (Å²) >= 11 is 0. The van der Waals surface area contributed by atoms with E-state index < -0.39 is 0 Å². The van der Waals surface area contributed by atoms with Crippen LogP contribution in [0.25, 0.3) is 11.3 Å². The van der Waals surface area contributed by atoms with E-state index in [9.17, 15) is 4.79 Å². The summed E-state index contributed by atoms with van der Waals surface area (Å²) in [6.45, 7) is 0. The first kappa shape index (κ1) is 14.1. The molecule has 5 heteroatoms. The predicted molar refractivity (Wildman–Crippen MR) is 48.7 cm³/mol. The molecule has 1 N–H and O–H groups in total. The van der Waals surface area contributed by atoms with Crippen molar-refractivity contribution in [3.63, 3.8) is 0 Å². The number of hydrogen-bond donors (Lipinski definition) is 0. The van der Waals surface area contributed by atoms with Crippen molar-refractivity contribution in [3.05, 3.63) is 42.4 Å². The molecule has 1 aromatic carbocycles. The van der Waals surface area contributed by atoms with Crippen LogP contribution in [0.2, 0.25) is 0 Å². The van der Waals surface area contributed by atoms with E-state index in [-0.39, 0.29) is 40.9 Å². The molecule has 1 aromatic heterocycles. The largest absolute Gasteiger partial charge is 1.00 e. The summed E-state index contributed by atoms with van der Waals surface area (Å²) in [5.41, 5.74) is 0.900. The Kier molecular flexibility index (Phi) is 6.12. The Morgan fingerprint density at radius 3 is 2.40 bits per heavy atom. The third kappa shape index (κ3) is 3.28. The van der Waals surface area contributed by atoms with Gasteiger partial charge in [0.1, 0.15) is 0 Å². The summed E-state index contributed by atoms with van der Waals surface area (Å²) in [4.78, 5) is 13.9. The van der Waals surface area contributed by atoms with Crippen molar-refractivity contribution < 1.29 is 44.2 Å². The van der Waals surface area contributed by atoms with Gasteiger partial charge >= 0.3 is 29.6 Å². The first-order valence-electron chi connectivity index (χ1n) is 3.79. The Bertz CT molecular complexity index is 414. The number of carbonyl (C=O) groups excluding carboxylic acids is 1. The van der Waals surface area contributed by atoms with Crippen molar-refractivity contribution in [2.75, 3.05) is 0 Å². The van der Waals surface area contributed by atoms with Gasteiger partial charge in [0.25, 0.3) is 0 Å². The van der Waals surface area contributed by atoms with E-state index in [1.807, 2.05) is 30.3 Å². The predicted octanol–water partition coefficient (Wildman–Crippen LogP) is -1.37. The van der Waals surface area contributed by atoms with E-state index in [2.05, 4.69) is 4.98 Å². The van der Waals surface area contributed by atoms with Crippen molar-refractivity contribution in [3.8, 4) is 11.3 Å². The van der Waals surface area contributed by atoms with Gasteiger partial charge in [0, 0.05) is 5.56 Å². The van der Waals surface area contributed by atoms with Crippen LogP contribution in [0.15, 0.2) is 40.9 Å². The zero-order valence-corrected chi connectivity index (χ0v) is 10.2. The van der Waals surface area contributed by atoms with Crippen LogP contribution in [0, 0.1) is 0 Å². The molecule has 2 aromatic rings. The molecule has 0 saturated carbocycles. The summed E-state index contributed by atoms with van der Waals surface area (Å²) in [5.74, 6) is 0.567. The van der Waals surface area contributed by atoms with E-state index in [0.29, 0.717) is 5.76 Å². The molecule has 15 heavy (non-hydrogen) atoms. The third-order valence-electron chi connectivity index (χ3n) is 1.65. The number of nitrogens with zero attached hydrogens (tertiary/aromatic N) is 1. The molecule has 0 atom stereocenters. The van der Waals surface area contributed by atoms with Gasteiger partial charge in [-0.15, -0.1) is 0 Å². The van der Waals surface area contributed by atoms with Crippen LogP contribution >= 0.6 is 0 Å². The smallest absolute Gasteiger partial charge is 0.870 e. The maximum absolute atomic E-state index is 10.2. The fraction of sp³-hybridized carbons (Fsp3) is 0. The van der Waals surface area contributed by atoms with Crippen LogP contribution in [0.4, 0.5) is 0 Å². The Morgan fingerprint density at radius 1 is 1.20 bits per heavy atom. The Labute approximate surface area is 109 Å². The monoisotopic (exact) mass is 212 g/mol. The Hall–Kier alpha value is -0.940. The van der Waals surface area contributed by atoms with Crippen molar-refractivity contribution >= 4 is 6.29 Å². The third-order valence-corrected chi connectivity index (χ3v) is 1.65.